The SMILES string of the molecule is C[C@@H]1OC(=O)C(Cc2c[nH]c3ccccc23)NC(=O)[C@@H](CCC(=O)O)NC(=O)[C@H]([C@@H](O)C(N)=O)NC(=O)CNC(=O)[C@@H](CC(=O)O)NC(=O)[C@H](c2ccc(O)cc2)NC(=O)[C@@H](CC(=O)O)NC(=O)[C@@H](CC(=O)O)NC(=O)[C@H](Cc2c[nH]c3ccccc23)NC(=O)[C@@H]1NC(=O)[C@H](N)CO. The van der Waals surface area contributed by atoms with Crippen LogP contribution in [0.5, 0.6) is 5.75 Å². The number of nitrogens with two attached hydrogens (primary N) is 2. The summed E-state index contributed by atoms with van der Waals surface area (Å²) in [6.45, 7) is -1.32. The first kappa shape index (κ1) is 75.0. The van der Waals surface area contributed by atoms with E-state index in [1.54, 1.807) is 48.5 Å². The fraction of sp³-hybridized carbons (Fsp3) is 0.367. The second-order valence-corrected chi connectivity index (χ2v) is 22.3. The van der Waals surface area contributed by atoms with Crippen molar-refractivity contribution in [1.29, 1.82) is 0 Å². The van der Waals surface area contributed by atoms with Crippen LogP contribution in [-0.4, -0.2) is 220 Å². The molecule has 0 saturated carbocycles. The van der Waals surface area contributed by atoms with E-state index in [1.807, 2.05) is 21.3 Å². The quantitative estimate of drug-likeness (QED) is 0.0342. The molecular formula is C60H70N14O24. The van der Waals surface area contributed by atoms with Crippen molar-refractivity contribution in [2.45, 2.75) is 124 Å². The van der Waals surface area contributed by atoms with Crippen LogP contribution in [-0.2, 0) is 94.3 Å². The highest BCUT2D eigenvalue weighted by molar-refractivity contribution is 6.02. The van der Waals surface area contributed by atoms with Crippen molar-refractivity contribution in [2.75, 3.05) is 13.2 Å². The van der Waals surface area contributed by atoms with Gasteiger partial charge in [0.15, 0.2) is 6.10 Å². The first-order valence-corrected chi connectivity index (χ1v) is 29.6. The Kier molecular flexibility index (Phi) is 26.3. The number of H-pyrrole nitrogens is 2. The lowest BCUT2D eigenvalue weighted by atomic mass is 10.0. The van der Waals surface area contributed by atoms with Gasteiger partial charge in [0.1, 0.15) is 72.3 Å². The van der Waals surface area contributed by atoms with Crippen molar-refractivity contribution >= 4 is 117 Å². The molecule has 11 amide bonds. The molecule has 0 spiro atoms. The number of benzene rings is 3. The number of hydrogen-bond donors (Lipinski definition) is 21. The van der Waals surface area contributed by atoms with Gasteiger partial charge in [-0.2, -0.15) is 0 Å². The van der Waals surface area contributed by atoms with Gasteiger partial charge in [-0.05, 0) is 54.3 Å². The predicted octanol–water partition coefficient (Wildman–Crippen LogP) is -6.61. The molecule has 0 bridgehead atoms. The van der Waals surface area contributed by atoms with Gasteiger partial charge in [0.25, 0.3) is 0 Å². The van der Waals surface area contributed by atoms with Crippen LogP contribution in [0.2, 0.25) is 0 Å². The minimum absolute atomic E-state index is 0.258. The van der Waals surface area contributed by atoms with E-state index in [1.165, 1.54) is 12.4 Å². The number of aliphatic hydroxyl groups excluding tert-OH is 2. The Balaban J connectivity index is 1.50. The molecule has 12 atom stereocenters. The third-order valence-corrected chi connectivity index (χ3v) is 15.0. The summed E-state index contributed by atoms with van der Waals surface area (Å²) in [7, 11) is 0. The second kappa shape index (κ2) is 34.4. The normalized spacial score (nSPS) is 23.2. The van der Waals surface area contributed by atoms with Crippen molar-refractivity contribution in [2.24, 2.45) is 11.5 Å². The molecule has 38 heteroatoms. The lowest BCUT2D eigenvalue weighted by Gasteiger charge is -2.30. The molecule has 38 nitrogen and oxygen atoms in total. The number of fused-ring (bicyclic) bond motifs is 2. The summed E-state index contributed by atoms with van der Waals surface area (Å²) < 4.78 is 5.79. The monoisotopic (exact) mass is 1370 g/mol. The van der Waals surface area contributed by atoms with E-state index in [2.05, 4.69) is 41.9 Å². The topological polar surface area (TPSA) is 628 Å². The van der Waals surface area contributed by atoms with Crippen molar-refractivity contribution in [1.82, 2.24) is 63.1 Å². The predicted molar refractivity (Wildman–Crippen MR) is 331 cm³/mol. The zero-order chi connectivity index (χ0) is 72.2. The van der Waals surface area contributed by atoms with Gasteiger partial charge >= 0.3 is 29.8 Å². The Morgan fingerprint density at radius 3 is 1.54 bits per heavy atom. The maximum atomic E-state index is 14.9. The summed E-state index contributed by atoms with van der Waals surface area (Å²) in [5.74, 6) is -25.3. The highest BCUT2D eigenvalue weighted by Crippen LogP contribution is 2.23. The summed E-state index contributed by atoms with van der Waals surface area (Å²) >= 11 is 0. The lowest BCUT2D eigenvalue weighted by Crippen LogP contribution is -2.62. The van der Waals surface area contributed by atoms with Crippen LogP contribution in [0.3, 0.4) is 0 Å². The van der Waals surface area contributed by atoms with Gasteiger partial charge in [-0.1, -0.05) is 48.5 Å². The van der Waals surface area contributed by atoms with Gasteiger partial charge in [0, 0.05) is 53.5 Å². The zero-order valence-corrected chi connectivity index (χ0v) is 51.6. The number of esters is 1. The van der Waals surface area contributed by atoms with E-state index < -0.39 is 231 Å². The maximum Gasteiger partial charge on any atom is 0.329 e. The molecule has 524 valence electrons. The van der Waals surface area contributed by atoms with Gasteiger partial charge in [-0.3, -0.25) is 71.9 Å². The van der Waals surface area contributed by atoms with Crippen molar-refractivity contribution < 1.29 is 117 Å². The molecule has 0 radical (unpaired) electrons. The first-order valence-electron chi connectivity index (χ1n) is 29.6. The largest absolute Gasteiger partial charge is 0.508 e. The van der Waals surface area contributed by atoms with Crippen LogP contribution in [0.1, 0.15) is 61.8 Å². The molecule has 1 unspecified atom stereocenters. The van der Waals surface area contributed by atoms with Gasteiger partial charge in [0.05, 0.1) is 32.4 Å². The third kappa shape index (κ3) is 21.0. The number of phenolic OH excluding ortho intramolecular Hbond substituents is 1. The number of hydrogen-bond acceptors (Lipinski definition) is 21. The van der Waals surface area contributed by atoms with E-state index in [-0.39, 0.29) is 16.7 Å². The van der Waals surface area contributed by atoms with E-state index >= 15 is 0 Å². The average Bonchev–Trinajstić information content (AvgIpc) is 1.52. The van der Waals surface area contributed by atoms with Crippen LogP contribution in [0.4, 0.5) is 0 Å². The van der Waals surface area contributed by atoms with Crippen LogP contribution in [0.15, 0.2) is 85.2 Å². The molecule has 2 aromatic heterocycles. The Labute approximate surface area is 552 Å². The molecule has 3 aromatic carbocycles. The summed E-state index contributed by atoms with van der Waals surface area (Å²) in [5.41, 5.74) is 12.4. The number of primary amides is 1. The van der Waals surface area contributed by atoms with Crippen molar-refractivity contribution in [3.63, 3.8) is 0 Å². The number of carboxylic acid groups (broad SMARTS) is 4. The van der Waals surface area contributed by atoms with Gasteiger partial charge in [-0.25, -0.2) is 4.79 Å². The van der Waals surface area contributed by atoms with E-state index in [0.717, 1.165) is 31.2 Å². The Morgan fingerprint density at radius 2 is 1.02 bits per heavy atom. The smallest absolute Gasteiger partial charge is 0.329 e. The standard InChI is InChI=1S/C60H70N14O24/c1-25-46(73-51(88)32(61)24-75)57(94)69-36(16-27-21-63-33-8-4-2-6-30(27)33)54(91)67-38(19-44(82)83)55(92)68-39(20-45(84)85)56(93)74-47(26-10-12-29(76)13-11-26)58(95)70-37(18-43(80)81)52(89)65-23-41(77)72-48(49(86)50(62)87)59(96)66-35(14-15-42(78)79)53(90)71-40(60(97)98-25)17-28-22-64-34-9-5-3-7-31(28)34/h2-13,21-22,25,32,35-40,46-49,63-64,75-76,86H,14-20,23-24,61H2,1H3,(H2,62,87)(H,65,89)(H,66,96)(H,67,91)(H,68,92)(H,69,94)(H,70,95)(H,71,90)(H,72,77)(H,73,88)(H,74,93)(H,78,79)(H,80,81)(H,82,83)(H,84,85)/t25-,32+,35+,36-,37+,38+,39+,40?,46+,47-,48-,49+/m0/s1. The molecule has 0 aliphatic carbocycles. The maximum absolute atomic E-state index is 14.9. The molecule has 3 heterocycles. The summed E-state index contributed by atoms with van der Waals surface area (Å²) in [6, 6.07) is -4.61. The fourth-order valence-electron chi connectivity index (χ4n) is 9.98. The number of rotatable bonds is 19. The molecule has 1 aliphatic rings. The van der Waals surface area contributed by atoms with Crippen LogP contribution in [0.25, 0.3) is 21.8 Å². The minimum Gasteiger partial charge on any atom is -0.508 e. The number of para-hydroxylation sites is 2. The molecule has 1 saturated heterocycles. The first-order chi connectivity index (χ1) is 46.3. The Bertz CT molecular complexity index is 3870. The average molecular weight is 1370 g/mol. The van der Waals surface area contributed by atoms with Crippen LogP contribution in [0, 0.1) is 0 Å². The number of nitrogens with one attached hydrogen (secondary N) is 12. The van der Waals surface area contributed by atoms with Crippen LogP contribution >= 0.6 is 0 Å². The lowest BCUT2D eigenvalue weighted by molar-refractivity contribution is -0.156. The third-order valence-electron chi connectivity index (χ3n) is 15.0. The van der Waals surface area contributed by atoms with E-state index in [0.29, 0.717) is 21.8 Å². The number of phenols is 1. The minimum atomic E-state index is -2.70. The summed E-state index contributed by atoms with van der Waals surface area (Å²) in [6.07, 6.45) is -8.74. The Hall–Kier alpha value is -12.1. The highest BCUT2D eigenvalue weighted by Gasteiger charge is 2.41. The van der Waals surface area contributed by atoms with E-state index in [4.69, 9.17) is 16.2 Å². The van der Waals surface area contributed by atoms with Crippen molar-refractivity contribution in [3.8, 4) is 5.75 Å². The molecule has 1 fully saturated rings. The van der Waals surface area contributed by atoms with Crippen LogP contribution < -0.4 is 64.6 Å². The zero-order valence-electron chi connectivity index (χ0n) is 51.6. The number of cyclic esters (lactones) is 1. The molecular weight excluding hydrogens is 1300 g/mol. The summed E-state index contributed by atoms with van der Waals surface area (Å²) in [4.78, 5) is 224. The Morgan fingerprint density at radius 1 is 0.561 bits per heavy atom. The number of aromatic amines is 2. The number of aliphatic carboxylic acids is 4. The number of ether oxygens (including phenoxy) is 1. The fourth-order valence-corrected chi connectivity index (χ4v) is 9.98. The number of aromatic nitrogens is 2. The molecule has 1 aliphatic heterocycles. The second-order valence-electron chi connectivity index (χ2n) is 22.3. The number of carbonyl (C=O) groups excluding carboxylic acids is 12. The van der Waals surface area contributed by atoms with Gasteiger partial charge in [0.2, 0.25) is 65.0 Å². The molecule has 23 N–H and O–H groups in total. The van der Waals surface area contributed by atoms with Gasteiger partial charge < -0.3 is 115 Å². The summed E-state index contributed by atoms with van der Waals surface area (Å²) in [5, 5.41) is 92.6. The van der Waals surface area contributed by atoms with Crippen molar-refractivity contribution in [3.05, 3.63) is 102 Å². The molecule has 98 heavy (non-hydrogen) atoms. The number of carboxylic acids is 4. The highest BCUT2D eigenvalue weighted by atomic mass is 16.5. The van der Waals surface area contributed by atoms with Gasteiger partial charge in [-0.15, -0.1) is 0 Å². The molecule has 5 aromatic rings. The van der Waals surface area contributed by atoms with E-state index in [9.17, 15) is 112 Å². The number of carbonyl (C=O) groups is 16. The number of amides is 11. The number of aromatic hydroxyl groups is 1. The molecule has 6 rings (SSSR count). The number of aliphatic hydroxyl groups is 2.